The minimum atomic E-state index is 0. The molecule has 0 bridgehead atoms. The van der Waals surface area contributed by atoms with E-state index in [0.717, 1.165) is 24.9 Å². The van der Waals surface area contributed by atoms with Crippen molar-refractivity contribution in [3.63, 3.8) is 0 Å². The Bertz CT molecular complexity index is 601. The summed E-state index contributed by atoms with van der Waals surface area (Å²) in [4.78, 5) is 0. The molecular formula is C18H20Cl3NO. The molecule has 0 aliphatic carbocycles. The molecule has 5 heteroatoms. The van der Waals surface area contributed by atoms with Gasteiger partial charge in [-0.3, -0.25) is 0 Å². The van der Waals surface area contributed by atoms with E-state index in [1.54, 1.807) is 6.07 Å². The van der Waals surface area contributed by atoms with E-state index in [0.29, 0.717) is 16.7 Å². The average Bonchev–Trinajstić information content (AvgIpc) is 2.53. The Morgan fingerprint density at radius 2 is 1.74 bits per heavy atom. The summed E-state index contributed by atoms with van der Waals surface area (Å²) < 4.78 is 6.17. The summed E-state index contributed by atoms with van der Waals surface area (Å²) >= 11 is 12.1. The van der Waals surface area contributed by atoms with Gasteiger partial charge in [0.2, 0.25) is 0 Å². The van der Waals surface area contributed by atoms with Crippen LogP contribution in [0.1, 0.15) is 30.0 Å². The molecule has 0 unspecified atom stereocenters. The molecule has 1 N–H and O–H groups in total. The van der Waals surface area contributed by atoms with Crippen molar-refractivity contribution in [2.45, 2.75) is 31.6 Å². The third kappa shape index (κ3) is 5.10. The van der Waals surface area contributed by atoms with Crippen LogP contribution >= 0.6 is 35.6 Å². The van der Waals surface area contributed by atoms with Crippen LogP contribution in [0.2, 0.25) is 10.0 Å². The second-order valence-electron chi connectivity index (χ2n) is 5.61. The van der Waals surface area contributed by atoms with Gasteiger partial charge in [0.05, 0.1) is 18.8 Å². The van der Waals surface area contributed by atoms with Gasteiger partial charge in [0.15, 0.2) is 0 Å². The van der Waals surface area contributed by atoms with Gasteiger partial charge < -0.3 is 10.1 Å². The standard InChI is InChI=1S/C18H19Cl2NO.ClH/c19-15-9-13(10-16(20)11-15)12-22-17-7-4-8-21-18(17)14-5-2-1-3-6-14;/h1-3,5-6,9-11,17-18,21H,4,7-8,12H2;1H/t17-,18-;/m1./s1. The van der Waals surface area contributed by atoms with Crippen molar-refractivity contribution < 1.29 is 4.74 Å². The Kier molecular flexibility index (Phi) is 7.19. The van der Waals surface area contributed by atoms with E-state index >= 15 is 0 Å². The zero-order valence-electron chi connectivity index (χ0n) is 12.7. The number of ether oxygens (including phenoxy) is 1. The van der Waals surface area contributed by atoms with E-state index in [-0.39, 0.29) is 24.6 Å². The second-order valence-corrected chi connectivity index (χ2v) is 6.48. The highest BCUT2D eigenvalue weighted by Gasteiger charge is 2.26. The molecule has 124 valence electrons. The van der Waals surface area contributed by atoms with Crippen LogP contribution in [0.15, 0.2) is 48.5 Å². The fourth-order valence-electron chi connectivity index (χ4n) is 2.93. The molecular weight excluding hydrogens is 353 g/mol. The molecule has 0 radical (unpaired) electrons. The second kappa shape index (κ2) is 8.91. The van der Waals surface area contributed by atoms with E-state index in [1.807, 2.05) is 18.2 Å². The molecule has 2 aromatic carbocycles. The number of rotatable bonds is 4. The quantitative estimate of drug-likeness (QED) is 0.773. The smallest absolute Gasteiger partial charge is 0.0774 e. The van der Waals surface area contributed by atoms with E-state index in [4.69, 9.17) is 27.9 Å². The Labute approximate surface area is 153 Å². The van der Waals surface area contributed by atoms with E-state index < -0.39 is 0 Å². The van der Waals surface area contributed by atoms with E-state index in [1.165, 1.54) is 5.56 Å². The fourth-order valence-corrected chi connectivity index (χ4v) is 3.50. The van der Waals surface area contributed by atoms with Crippen molar-refractivity contribution in [3.8, 4) is 0 Å². The Morgan fingerprint density at radius 1 is 1.04 bits per heavy atom. The van der Waals surface area contributed by atoms with Crippen molar-refractivity contribution in [2.75, 3.05) is 6.54 Å². The minimum absolute atomic E-state index is 0. The third-order valence-corrected chi connectivity index (χ3v) is 4.38. The van der Waals surface area contributed by atoms with Crippen LogP contribution in [0.5, 0.6) is 0 Å². The van der Waals surface area contributed by atoms with Crippen molar-refractivity contribution in [1.29, 1.82) is 0 Å². The molecule has 0 saturated carbocycles. The van der Waals surface area contributed by atoms with Crippen molar-refractivity contribution in [1.82, 2.24) is 5.32 Å². The minimum Gasteiger partial charge on any atom is -0.372 e. The maximum Gasteiger partial charge on any atom is 0.0774 e. The summed E-state index contributed by atoms with van der Waals surface area (Å²) in [5.41, 5.74) is 2.28. The molecule has 0 spiro atoms. The Hall–Kier alpha value is -0.770. The van der Waals surface area contributed by atoms with Crippen LogP contribution in [0.25, 0.3) is 0 Å². The lowest BCUT2D eigenvalue weighted by Gasteiger charge is -2.33. The number of halogens is 3. The van der Waals surface area contributed by atoms with Crippen LogP contribution in [0.3, 0.4) is 0 Å². The normalized spacial score (nSPS) is 20.8. The van der Waals surface area contributed by atoms with Gasteiger partial charge in [0.25, 0.3) is 0 Å². The average molecular weight is 373 g/mol. The lowest BCUT2D eigenvalue weighted by atomic mass is 9.94. The number of piperidine rings is 1. The summed E-state index contributed by atoms with van der Waals surface area (Å²) in [5, 5.41) is 4.86. The molecule has 2 atom stereocenters. The highest BCUT2D eigenvalue weighted by Crippen LogP contribution is 2.27. The molecule has 0 aromatic heterocycles. The van der Waals surface area contributed by atoms with Crippen molar-refractivity contribution in [2.24, 2.45) is 0 Å². The highest BCUT2D eigenvalue weighted by atomic mass is 35.5. The fraction of sp³-hybridized carbons (Fsp3) is 0.333. The summed E-state index contributed by atoms with van der Waals surface area (Å²) in [7, 11) is 0. The first-order valence-electron chi connectivity index (χ1n) is 7.57. The molecule has 0 amide bonds. The summed E-state index contributed by atoms with van der Waals surface area (Å²) in [6.07, 6.45) is 2.35. The topological polar surface area (TPSA) is 21.3 Å². The van der Waals surface area contributed by atoms with Gasteiger partial charge in [-0.05, 0) is 48.7 Å². The monoisotopic (exact) mass is 371 g/mol. The van der Waals surface area contributed by atoms with Gasteiger partial charge in [-0.1, -0.05) is 53.5 Å². The first-order chi connectivity index (χ1) is 10.7. The molecule has 3 rings (SSSR count). The summed E-state index contributed by atoms with van der Waals surface area (Å²) in [6, 6.07) is 16.3. The van der Waals surface area contributed by atoms with E-state index in [2.05, 4.69) is 29.6 Å². The largest absolute Gasteiger partial charge is 0.372 e. The van der Waals surface area contributed by atoms with Crippen LogP contribution < -0.4 is 5.32 Å². The Morgan fingerprint density at radius 3 is 2.43 bits per heavy atom. The van der Waals surface area contributed by atoms with Gasteiger partial charge >= 0.3 is 0 Å². The molecule has 1 saturated heterocycles. The summed E-state index contributed by atoms with van der Waals surface area (Å²) in [6.45, 7) is 1.55. The van der Waals surface area contributed by atoms with Crippen molar-refractivity contribution in [3.05, 3.63) is 69.7 Å². The molecule has 2 aromatic rings. The van der Waals surface area contributed by atoms with Crippen LogP contribution in [0.4, 0.5) is 0 Å². The van der Waals surface area contributed by atoms with Gasteiger partial charge in [-0.15, -0.1) is 12.4 Å². The zero-order chi connectivity index (χ0) is 15.4. The molecule has 2 nitrogen and oxygen atoms in total. The number of hydrogen-bond donors (Lipinski definition) is 1. The Balaban J connectivity index is 0.00000192. The first-order valence-corrected chi connectivity index (χ1v) is 8.33. The SMILES string of the molecule is Cl.Clc1cc(Cl)cc(CO[C@@H]2CCCN[C@@H]2c2ccccc2)c1. The predicted octanol–water partition coefficient (Wildman–Crippen LogP) is 5.43. The molecule has 1 fully saturated rings. The number of hydrogen-bond acceptors (Lipinski definition) is 2. The van der Waals surface area contributed by atoms with Crippen LogP contribution in [0, 0.1) is 0 Å². The third-order valence-electron chi connectivity index (χ3n) is 3.95. The summed E-state index contributed by atoms with van der Waals surface area (Å²) in [5.74, 6) is 0. The van der Waals surface area contributed by atoms with Crippen LogP contribution in [-0.2, 0) is 11.3 Å². The zero-order valence-corrected chi connectivity index (χ0v) is 15.0. The lowest BCUT2D eigenvalue weighted by molar-refractivity contribution is -0.00356. The molecule has 1 aliphatic heterocycles. The van der Waals surface area contributed by atoms with Gasteiger partial charge in [0.1, 0.15) is 0 Å². The van der Waals surface area contributed by atoms with Gasteiger partial charge in [-0.25, -0.2) is 0 Å². The number of benzene rings is 2. The lowest BCUT2D eigenvalue weighted by Crippen LogP contribution is -2.39. The predicted molar refractivity (Wildman–Crippen MR) is 98.7 cm³/mol. The first kappa shape index (κ1) is 18.6. The molecule has 23 heavy (non-hydrogen) atoms. The van der Waals surface area contributed by atoms with Crippen LogP contribution in [-0.4, -0.2) is 12.6 Å². The van der Waals surface area contributed by atoms with E-state index in [9.17, 15) is 0 Å². The maximum atomic E-state index is 6.17. The van der Waals surface area contributed by atoms with Gasteiger partial charge in [0, 0.05) is 10.0 Å². The van der Waals surface area contributed by atoms with Crippen molar-refractivity contribution >= 4 is 35.6 Å². The maximum absolute atomic E-state index is 6.17. The molecule has 1 heterocycles. The molecule has 1 aliphatic rings. The highest BCUT2D eigenvalue weighted by molar-refractivity contribution is 6.34. The van der Waals surface area contributed by atoms with Gasteiger partial charge in [-0.2, -0.15) is 0 Å². The number of nitrogens with one attached hydrogen (secondary N) is 1.